The second-order valence-corrected chi connectivity index (χ2v) is 5.86. The largest absolute Gasteiger partial charge is 0.493 e. The van der Waals surface area contributed by atoms with E-state index in [2.05, 4.69) is 26.6 Å². The number of amides is 1. The van der Waals surface area contributed by atoms with Crippen LogP contribution in [0.2, 0.25) is 0 Å². The molecule has 0 aliphatic heterocycles. The molecular formula is C15H21BrN2O3. The molecule has 2 N–H and O–H groups in total. The van der Waals surface area contributed by atoms with Crippen LogP contribution < -0.4 is 20.1 Å². The van der Waals surface area contributed by atoms with Crippen LogP contribution in [0.25, 0.3) is 0 Å². The zero-order valence-electron chi connectivity index (χ0n) is 12.4. The van der Waals surface area contributed by atoms with E-state index < -0.39 is 0 Å². The van der Waals surface area contributed by atoms with E-state index in [1.54, 1.807) is 7.11 Å². The molecule has 1 aliphatic carbocycles. The minimum atomic E-state index is -0.147. The SMILES string of the molecule is CCNC(=O)COc1c(Br)cc(CNC2CC2)cc1OC. The van der Waals surface area contributed by atoms with Crippen LogP contribution in [0.1, 0.15) is 25.3 Å². The smallest absolute Gasteiger partial charge is 0.257 e. The zero-order valence-corrected chi connectivity index (χ0v) is 14.0. The average Bonchev–Trinajstić information content (AvgIpc) is 3.27. The summed E-state index contributed by atoms with van der Waals surface area (Å²) in [5.74, 6) is 1.03. The number of hydrogen-bond acceptors (Lipinski definition) is 4. The second-order valence-electron chi connectivity index (χ2n) is 5.01. The maximum Gasteiger partial charge on any atom is 0.257 e. The lowest BCUT2D eigenvalue weighted by Crippen LogP contribution is -2.28. The lowest BCUT2D eigenvalue weighted by Gasteiger charge is -2.14. The summed E-state index contributed by atoms with van der Waals surface area (Å²) >= 11 is 3.49. The summed E-state index contributed by atoms with van der Waals surface area (Å²) in [6, 6.07) is 4.58. The average molecular weight is 357 g/mol. The Hall–Kier alpha value is -1.27. The van der Waals surface area contributed by atoms with Crippen LogP contribution in [-0.2, 0) is 11.3 Å². The van der Waals surface area contributed by atoms with Crippen molar-refractivity contribution in [3.63, 3.8) is 0 Å². The summed E-state index contributed by atoms with van der Waals surface area (Å²) in [5.41, 5.74) is 1.12. The van der Waals surface area contributed by atoms with Gasteiger partial charge in [-0.15, -0.1) is 0 Å². The summed E-state index contributed by atoms with van der Waals surface area (Å²) in [6.07, 6.45) is 2.51. The van der Waals surface area contributed by atoms with Crippen molar-refractivity contribution < 1.29 is 14.3 Å². The van der Waals surface area contributed by atoms with E-state index in [9.17, 15) is 4.79 Å². The second kappa shape index (κ2) is 7.66. The molecule has 0 aromatic heterocycles. The van der Waals surface area contributed by atoms with Gasteiger partial charge in [0, 0.05) is 19.1 Å². The number of benzene rings is 1. The van der Waals surface area contributed by atoms with Gasteiger partial charge in [-0.1, -0.05) is 0 Å². The number of methoxy groups -OCH3 is 1. The van der Waals surface area contributed by atoms with Gasteiger partial charge >= 0.3 is 0 Å². The van der Waals surface area contributed by atoms with Crippen molar-refractivity contribution >= 4 is 21.8 Å². The molecule has 0 spiro atoms. The van der Waals surface area contributed by atoms with Gasteiger partial charge in [0.05, 0.1) is 11.6 Å². The van der Waals surface area contributed by atoms with E-state index in [0.29, 0.717) is 24.1 Å². The molecule has 1 aromatic carbocycles. The quantitative estimate of drug-likeness (QED) is 0.749. The highest BCUT2D eigenvalue weighted by Gasteiger charge is 2.20. The van der Waals surface area contributed by atoms with E-state index in [0.717, 1.165) is 16.6 Å². The number of likely N-dealkylation sites (N-methyl/N-ethyl adjacent to an activating group) is 1. The van der Waals surface area contributed by atoms with Crippen molar-refractivity contribution in [1.29, 1.82) is 0 Å². The molecule has 2 rings (SSSR count). The van der Waals surface area contributed by atoms with Crippen LogP contribution >= 0.6 is 15.9 Å². The summed E-state index contributed by atoms with van der Waals surface area (Å²) in [4.78, 5) is 11.5. The van der Waals surface area contributed by atoms with E-state index >= 15 is 0 Å². The third kappa shape index (κ3) is 4.89. The van der Waals surface area contributed by atoms with E-state index in [1.165, 1.54) is 12.8 Å². The normalized spacial score (nSPS) is 13.9. The number of rotatable bonds is 8. The van der Waals surface area contributed by atoms with Crippen molar-refractivity contribution in [3.05, 3.63) is 22.2 Å². The zero-order chi connectivity index (χ0) is 15.2. The van der Waals surface area contributed by atoms with Gasteiger partial charge in [0.2, 0.25) is 0 Å². The highest BCUT2D eigenvalue weighted by atomic mass is 79.9. The summed E-state index contributed by atoms with van der Waals surface area (Å²) in [7, 11) is 1.60. The lowest BCUT2D eigenvalue weighted by molar-refractivity contribution is -0.123. The number of carbonyl (C=O) groups excluding carboxylic acids is 1. The number of carbonyl (C=O) groups is 1. The molecular weight excluding hydrogens is 336 g/mol. The Bertz CT molecular complexity index is 504. The number of halogens is 1. The molecule has 1 saturated carbocycles. The fourth-order valence-electron chi connectivity index (χ4n) is 1.95. The van der Waals surface area contributed by atoms with Gasteiger partial charge in [-0.2, -0.15) is 0 Å². The minimum absolute atomic E-state index is 0.0253. The molecule has 1 fully saturated rings. The van der Waals surface area contributed by atoms with E-state index in [4.69, 9.17) is 9.47 Å². The number of nitrogens with one attached hydrogen (secondary N) is 2. The van der Waals surface area contributed by atoms with Gasteiger partial charge in [0.15, 0.2) is 18.1 Å². The first-order valence-electron chi connectivity index (χ1n) is 7.13. The Balaban J connectivity index is 2.03. The maximum absolute atomic E-state index is 11.5. The Morgan fingerprint density at radius 3 is 2.81 bits per heavy atom. The Labute approximate surface area is 133 Å². The van der Waals surface area contributed by atoms with Gasteiger partial charge in [0.25, 0.3) is 5.91 Å². The highest BCUT2D eigenvalue weighted by Crippen LogP contribution is 2.36. The summed E-state index contributed by atoms with van der Waals surface area (Å²) in [5, 5.41) is 6.15. The Morgan fingerprint density at radius 2 is 2.19 bits per heavy atom. The van der Waals surface area contributed by atoms with Gasteiger partial charge in [-0.05, 0) is 53.4 Å². The molecule has 6 heteroatoms. The van der Waals surface area contributed by atoms with Crippen molar-refractivity contribution in [2.45, 2.75) is 32.4 Å². The predicted octanol–water partition coefficient (Wildman–Crippen LogP) is 2.22. The lowest BCUT2D eigenvalue weighted by atomic mass is 10.2. The molecule has 0 saturated heterocycles. The molecule has 1 aromatic rings. The molecule has 0 bridgehead atoms. The van der Waals surface area contributed by atoms with Crippen LogP contribution in [0.5, 0.6) is 11.5 Å². The highest BCUT2D eigenvalue weighted by molar-refractivity contribution is 9.10. The third-order valence-corrected chi connectivity index (χ3v) is 3.77. The summed E-state index contributed by atoms with van der Waals surface area (Å²) < 4.78 is 11.7. The predicted molar refractivity (Wildman–Crippen MR) is 84.7 cm³/mol. The maximum atomic E-state index is 11.5. The van der Waals surface area contributed by atoms with Crippen LogP contribution in [-0.4, -0.2) is 32.2 Å². The van der Waals surface area contributed by atoms with E-state index in [1.807, 2.05) is 19.1 Å². The van der Waals surface area contributed by atoms with Crippen molar-refractivity contribution in [3.8, 4) is 11.5 Å². The van der Waals surface area contributed by atoms with Crippen molar-refractivity contribution in [2.24, 2.45) is 0 Å². The van der Waals surface area contributed by atoms with Gasteiger partial charge in [-0.25, -0.2) is 0 Å². The topological polar surface area (TPSA) is 59.6 Å². The van der Waals surface area contributed by atoms with Gasteiger partial charge in [0.1, 0.15) is 0 Å². The molecule has 0 radical (unpaired) electrons. The van der Waals surface area contributed by atoms with Crippen molar-refractivity contribution in [1.82, 2.24) is 10.6 Å². The first kappa shape index (κ1) is 16.1. The first-order chi connectivity index (χ1) is 10.1. The minimum Gasteiger partial charge on any atom is -0.493 e. The summed E-state index contributed by atoms with van der Waals surface area (Å²) in [6.45, 7) is 3.24. The van der Waals surface area contributed by atoms with Gasteiger partial charge in [-0.3, -0.25) is 4.79 Å². The van der Waals surface area contributed by atoms with Crippen LogP contribution in [0.3, 0.4) is 0 Å². The Morgan fingerprint density at radius 1 is 1.43 bits per heavy atom. The van der Waals surface area contributed by atoms with E-state index in [-0.39, 0.29) is 12.5 Å². The first-order valence-corrected chi connectivity index (χ1v) is 7.92. The molecule has 0 atom stereocenters. The van der Waals surface area contributed by atoms with Crippen LogP contribution in [0, 0.1) is 0 Å². The molecule has 21 heavy (non-hydrogen) atoms. The molecule has 1 amide bonds. The third-order valence-electron chi connectivity index (χ3n) is 3.18. The number of hydrogen-bond donors (Lipinski definition) is 2. The molecule has 5 nitrogen and oxygen atoms in total. The fraction of sp³-hybridized carbons (Fsp3) is 0.533. The fourth-order valence-corrected chi connectivity index (χ4v) is 2.55. The van der Waals surface area contributed by atoms with Crippen molar-refractivity contribution in [2.75, 3.05) is 20.3 Å². The number of ether oxygens (including phenoxy) is 2. The molecule has 116 valence electrons. The van der Waals surface area contributed by atoms with Gasteiger partial charge < -0.3 is 20.1 Å². The molecule has 0 unspecified atom stereocenters. The molecule has 0 heterocycles. The van der Waals surface area contributed by atoms with Crippen LogP contribution in [0.15, 0.2) is 16.6 Å². The monoisotopic (exact) mass is 356 g/mol. The standard InChI is InChI=1S/C15H21BrN2O3/c1-3-17-14(19)9-21-15-12(16)6-10(7-13(15)20-2)8-18-11-4-5-11/h6-7,11,18H,3-5,8-9H2,1-2H3,(H,17,19). The molecule has 1 aliphatic rings. The van der Waals surface area contributed by atoms with Crippen LogP contribution in [0.4, 0.5) is 0 Å². The Kier molecular flexibility index (Phi) is 5.87.